The number of alkyl halides is 3. The molecule has 0 bridgehead atoms. The van der Waals surface area contributed by atoms with Gasteiger partial charge in [-0.05, 0) is 55.8 Å². The Balaban J connectivity index is 1.77. The minimum atomic E-state index is -4.34. The van der Waals surface area contributed by atoms with Crippen LogP contribution in [0, 0.1) is 11.3 Å². The molecule has 1 heterocycles. The molecule has 1 aliphatic heterocycles. The van der Waals surface area contributed by atoms with Crippen LogP contribution in [0.3, 0.4) is 0 Å². The first-order valence-corrected chi connectivity index (χ1v) is 8.47. The van der Waals surface area contributed by atoms with E-state index in [9.17, 15) is 23.1 Å². The van der Waals surface area contributed by atoms with Crippen LogP contribution in [0.25, 0.3) is 0 Å². The summed E-state index contributed by atoms with van der Waals surface area (Å²) in [6, 6.07) is 5.13. The Morgan fingerprint density at radius 1 is 1.17 bits per heavy atom. The predicted octanol–water partition coefficient (Wildman–Crippen LogP) is 4.39. The molecule has 132 valence electrons. The fourth-order valence-corrected chi connectivity index (χ4v) is 4.38. The SMILES string of the molecule is O=C(O)C1(C2CCNC(c3ccc(C(F)(F)F)cc3)C2)CCCC1. The van der Waals surface area contributed by atoms with E-state index < -0.39 is 23.1 Å². The minimum Gasteiger partial charge on any atom is -0.481 e. The van der Waals surface area contributed by atoms with Gasteiger partial charge in [0.15, 0.2) is 0 Å². The largest absolute Gasteiger partial charge is 0.481 e. The Kier molecular flexibility index (Phi) is 4.60. The Hall–Kier alpha value is -1.56. The first kappa shape index (κ1) is 17.3. The number of piperidine rings is 1. The topological polar surface area (TPSA) is 49.3 Å². The zero-order valence-electron chi connectivity index (χ0n) is 13.4. The highest BCUT2D eigenvalue weighted by atomic mass is 19.4. The van der Waals surface area contributed by atoms with Crippen LogP contribution in [0.1, 0.15) is 55.7 Å². The highest BCUT2D eigenvalue weighted by Crippen LogP contribution is 2.50. The average Bonchev–Trinajstić information content (AvgIpc) is 3.05. The number of nitrogens with one attached hydrogen (secondary N) is 1. The van der Waals surface area contributed by atoms with Crippen LogP contribution in [0.15, 0.2) is 24.3 Å². The van der Waals surface area contributed by atoms with Crippen LogP contribution in [0.5, 0.6) is 0 Å². The molecule has 2 atom stereocenters. The molecule has 0 spiro atoms. The maximum absolute atomic E-state index is 12.7. The van der Waals surface area contributed by atoms with Crippen molar-refractivity contribution in [3.05, 3.63) is 35.4 Å². The number of carboxylic acid groups (broad SMARTS) is 1. The van der Waals surface area contributed by atoms with Gasteiger partial charge in [-0.3, -0.25) is 4.79 Å². The lowest BCUT2D eigenvalue weighted by Gasteiger charge is -2.40. The molecule has 2 unspecified atom stereocenters. The molecule has 0 radical (unpaired) electrons. The van der Waals surface area contributed by atoms with E-state index in [1.807, 2.05) is 0 Å². The number of rotatable bonds is 3. The summed E-state index contributed by atoms with van der Waals surface area (Å²) in [7, 11) is 0. The van der Waals surface area contributed by atoms with E-state index in [0.29, 0.717) is 25.8 Å². The van der Waals surface area contributed by atoms with Gasteiger partial charge in [-0.2, -0.15) is 13.2 Å². The summed E-state index contributed by atoms with van der Waals surface area (Å²) in [5.74, 6) is -0.635. The van der Waals surface area contributed by atoms with Crippen LogP contribution < -0.4 is 5.32 Å². The number of carbonyl (C=O) groups is 1. The van der Waals surface area contributed by atoms with Crippen molar-refractivity contribution in [2.75, 3.05) is 6.54 Å². The molecule has 1 aromatic rings. The van der Waals surface area contributed by atoms with Gasteiger partial charge < -0.3 is 10.4 Å². The second-order valence-corrected chi connectivity index (χ2v) is 7.02. The summed E-state index contributed by atoms with van der Waals surface area (Å²) in [6.45, 7) is 0.700. The third-order valence-corrected chi connectivity index (χ3v) is 5.75. The Labute approximate surface area is 139 Å². The van der Waals surface area contributed by atoms with Gasteiger partial charge in [-0.1, -0.05) is 25.0 Å². The van der Waals surface area contributed by atoms with Crippen molar-refractivity contribution >= 4 is 5.97 Å². The fraction of sp³-hybridized carbons (Fsp3) is 0.611. The molecule has 1 saturated carbocycles. The van der Waals surface area contributed by atoms with E-state index in [1.54, 1.807) is 0 Å². The lowest BCUT2D eigenvalue weighted by molar-refractivity contribution is -0.153. The standard InChI is InChI=1S/C18H22F3NO2/c19-18(20,21)13-5-3-12(4-6-13)15-11-14(7-10-22-15)17(16(23)24)8-1-2-9-17/h3-6,14-15,22H,1-2,7-11H2,(H,23,24). The second kappa shape index (κ2) is 6.39. The van der Waals surface area contributed by atoms with Crippen molar-refractivity contribution in [3.63, 3.8) is 0 Å². The summed E-state index contributed by atoms with van der Waals surface area (Å²) >= 11 is 0. The molecule has 0 aromatic heterocycles. The number of carboxylic acids is 1. The highest BCUT2D eigenvalue weighted by Gasteiger charge is 2.48. The van der Waals surface area contributed by atoms with Crippen molar-refractivity contribution < 1.29 is 23.1 Å². The van der Waals surface area contributed by atoms with Crippen LogP contribution in [-0.4, -0.2) is 17.6 Å². The molecular formula is C18H22F3NO2. The van der Waals surface area contributed by atoms with Gasteiger partial charge in [-0.15, -0.1) is 0 Å². The minimum absolute atomic E-state index is 0.0750. The molecular weight excluding hydrogens is 319 g/mol. The van der Waals surface area contributed by atoms with Gasteiger partial charge in [0.25, 0.3) is 0 Å². The quantitative estimate of drug-likeness (QED) is 0.857. The van der Waals surface area contributed by atoms with Crippen molar-refractivity contribution in [1.82, 2.24) is 5.32 Å². The maximum Gasteiger partial charge on any atom is 0.416 e. The van der Waals surface area contributed by atoms with Crippen LogP contribution >= 0.6 is 0 Å². The second-order valence-electron chi connectivity index (χ2n) is 7.02. The van der Waals surface area contributed by atoms with Crippen LogP contribution in [0.4, 0.5) is 13.2 Å². The van der Waals surface area contributed by atoms with Crippen LogP contribution in [-0.2, 0) is 11.0 Å². The lowest BCUT2D eigenvalue weighted by atomic mass is 9.68. The van der Waals surface area contributed by atoms with E-state index in [1.165, 1.54) is 12.1 Å². The molecule has 6 heteroatoms. The average molecular weight is 341 g/mol. The third kappa shape index (κ3) is 3.16. The normalized spacial score (nSPS) is 27.1. The summed E-state index contributed by atoms with van der Waals surface area (Å²) < 4.78 is 38.1. The van der Waals surface area contributed by atoms with Gasteiger partial charge in [0.1, 0.15) is 0 Å². The Morgan fingerprint density at radius 2 is 1.79 bits per heavy atom. The zero-order valence-corrected chi connectivity index (χ0v) is 13.4. The molecule has 1 saturated heterocycles. The van der Waals surface area contributed by atoms with Gasteiger partial charge in [0, 0.05) is 6.04 Å². The highest BCUT2D eigenvalue weighted by molar-refractivity contribution is 5.75. The third-order valence-electron chi connectivity index (χ3n) is 5.75. The Bertz CT molecular complexity index is 591. The molecule has 0 amide bonds. The summed E-state index contributed by atoms with van der Waals surface area (Å²) in [6.07, 6.45) is 0.460. The predicted molar refractivity (Wildman–Crippen MR) is 83.4 cm³/mol. The summed E-state index contributed by atoms with van der Waals surface area (Å²) in [4.78, 5) is 11.9. The van der Waals surface area contributed by atoms with Crippen LogP contribution in [0.2, 0.25) is 0 Å². The van der Waals surface area contributed by atoms with Gasteiger partial charge in [0.2, 0.25) is 0 Å². The van der Waals surface area contributed by atoms with Gasteiger partial charge >= 0.3 is 12.1 Å². The number of hydrogen-bond donors (Lipinski definition) is 2. The van der Waals surface area contributed by atoms with Crippen molar-refractivity contribution in [1.29, 1.82) is 0 Å². The van der Waals surface area contributed by atoms with E-state index >= 15 is 0 Å². The van der Waals surface area contributed by atoms with Crippen molar-refractivity contribution in [2.45, 2.75) is 50.7 Å². The van der Waals surface area contributed by atoms with E-state index in [-0.39, 0.29) is 12.0 Å². The van der Waals surface area contributed by atoms with Crippen molar-refractivity contribution in [3.8, 4) is 0 Å². The molecule has 1 aromatic carbocycles. The molecule has 2 fully saturated rings. The summed E-state index contributed by atoms with van der Waals surface area (Å²) in [5.41, 5.74) is -0.505. The molecule has 2 N–H and O–H groups in total. The fourth-order valence-electron chi connectivity index (χ4n) is 4.38. The van der Waals surface area contributed by atoms with Gasteiger partial charge in [0.05, 0.1) is 11.0 Å². The monoisotopic (exact) mass is 341 g/mol. The number of hydrogen-bond acceptors (Lipinski definition) is 2. The van der Waals surface area contributed by atoms with E-state index in [2.05, 4.69) is 5.32 Å². The summed E-state index contributed by atoms with van der Waals surface area (Å²) in [5, 5.41) is 13.1. The maximum atomic E-state index is 12.7. The molecule has 2 aliphatic rings. The Morgan fingerprint density at radius 3 is 2.33 bits per heavy atom. The molecule has 24 heavy (non-hydrogen) atoms. The first-order valence-electron chi connectivity index (χ1n) is 8.47. The van der Waals surface area contributed by atoms with E-state index in [0.717, 1.165) is 37.0 Å². The molecule has 3 rings (SSSR count). The number of aliphatic carboxylic acids is 1. The molecule has 3 nitrogen and oxygen atoms in total. The van der Waals surface area contributed by atoms with Crippen molar-refractivity contribution in [2.24, 2.45) is 11.3 Å². The first-order chi connectivity index (χ1) is 11.3. The van der Waals surface area contributed by atoms with E-state index in [4.69, 9.17) is 0 Å². The zero-order chi connectivity index (χ0) is 17.4. The number of halogens is 3. The smallest absolute Gasteiger partial charge is 0.416 e. The van der Waals surface area contributed by atoms with Gasteiger partial charge in [-0.25, -0.2) is 0 Å². The lowest BCUT2D eigenvalue weighted by Crippen LogP contribution is -2.43. The number of benzene rings is 1. The molecule has 1 aliphatic carbocycles.